The Morgan fingerprint density at radius 1 is 1.62 bits per heavy atom. The largest absolute Gasteiger partial charge is 0.390 e. The van der Waals surface area contributed by atoms with Gasteiger partial charge in [-0.25, -0.2) is 0 Å². The zero-order valence-corrected chi connectivity index (χ0v) is 9.21. The van der Waals surface area contributed by atoms with Crippen LogP contribution in [0.5, 0.6) is 0 Å². The molecule has 0 bridgehead atoms. The molecule has 0 aliphatic heterocycles. The Labute approximate surface area is 93.0 Å². The van der Waals surface area contributed by atoms with Gasteiger partial charge in [-0.2, -0.15) is 0 Å². The summed E-state index contributed by atoms with van der Waals surface area (Å²) >= 11 is 0. The zero-order valence-electron chi connectivity index (χ0n) is 9.21. The molecule has 1 rings (SSSR count). The van der Waals surface area contributed by atoms with Gasteiger partial charge in [-0.1, -0.05) is 0 Å². The molecule has 1 aromatic heterocycles. The summed E-state index contributed by atoms with van der Waals surface area (Å²) in [6.45, 7) is 1.88. The van der Waals surface area contributed by atoms with Crippen LogP contribution in [0.2, 0.25) is 0 Å². The lowest BCUT2D eigenvalue weighted by molar-refractivity contribution is -0.386. The van der Waals surface area contributed by atoms with Gasteiger partial charge in [0.25, 0.3) is 5.69 Å². The Morgan fingerprint density at radius 2 is 2.31 bits per heavy atom. The van der Waals surface area contributed by atoms with E-state index < -0.39 is 11.0 Å². The molecule has 6 nitrogen and oxygen atoms in total. The first-order valence-electron chi connectivity index (χ1n) is 4.82. The lowest BCUT2D eigenvalue weighted by Crippen LogP contribution is -2.18. The van der Waals surface area contributed by atoms with Gasteiger partial charge in [0.15, 0.2) is 0 Å². The normalized spacial score (nSPS) is 12.4. The summed E-state index contributed by atoms with van der Waals surface area (Å²) in [4.78, 5) is 14.3. The highest BCUT2D eigenvalue weighted by molar-refractivity contribution is 5.36. The highest BCUT2D eigenvalue weighted by atomic mass is 16.6. The predicted octanol–water partition coefficient (Wildman–Crippen LogP) is 0.848. The molecule has 0 aromatic carbocycles. The van der Waals surface area contributed by atoms with E-state index in [2.05, 4.69) is 4.98 Å². The van der Waals surface area contributed by atoms with Gasteiger partial charge in [-0.15, -0.1) is 0 Å². The van der Waals surface area contributed by atoms with Crippen molar-refractivity contribution in [2.75, 3.05) is 13.7 Å². The van der Waals surface area contributed by atoms with Crippen molar-refractivity contribution in [2.24, 2.45) is 0 Å². The highest BCUT2D eigenvalue weighted by Gasteiger charge is 2.18. The topological polar surface area (TPSA) is 85.5 Å². The Balaban J connectivity index is 2.92. The van der Waals surface area contributed by atoms with Crippen LogP contribution in [0.3, 0.4) is 0 Å². The van der Waals surface area contributed by atoms with Crippen LogP contribution in [-0.2, 0) is 11.2 Å². The summed E-state index contributed by atoms with van der Waals surface area (Å²) in [7, 11) is 1.46. The van der Waals surface area contributed by atoms with Crippen molar-refractivity contribution in [2.45, 2.75) is 19.4 Å². The molecule has 0 radical (unpaired) electrons. The summed E-state index contributed by atoms with van der Waals surface area (Å²) in [5.74, 6) is 0. The van der Waals surface area contributed by atoms with E-state index in [1.54, 1.807) is 13.0 Å². The quantitative estimate of drug-likeness (QED) is 0.594. The van der Waals surface area contributed by atoms with Crippen molar-refractivity contribution < 1.29 is 14.8 Å². The molecular formula is C10H14N2O4. The van der Waals surface area contributed by atoms with E-state index in [1.165, 1.54) is 13.2 Å². The Bertz CT molecular complexity index is 381. The summed E-state index contributed by atoms with van der Waals surface area (Å²) in [5.41, 5.74) is 0.903. The second-order valence-electron chi connectivity index (χ2n) is 3.49. The smallest absolute Gasteiger partial charge is 0.290 e. The predicted molar refractivity (Wildman–Crippen MR) is 57.2 cm³/mol. The van der Waals surface area contributed by atoms with E-state index >= 15 is 0 Å². The van der Waals surface area contributed by atoms with Crippen molar-refractivity contribution in [3.05, 3.63) is 33.6 Å². The second kappa shape index (κ2) is 5.53. The van der Waals surface area contributed by atoms with Crippen LogP contribution in [0.15, 0.2) is 12.1 Å². The molecule has 0 saturated heterocycles. The van der Waals surface area contributed by atoms with Gasteiger partial charge in [0.2, 0.25) is 0 Å². The molecule has 1 heterocycles. The molecule has 88 valence electrons. The van der Waals surface area contributed by atoms with Gasteiger partial charge >= 0.3 is 0 Å². The first-order valence-corrected chi connectivity index (χ1v) is 4.82. The molecule has 0 aliphatic rings. The summed E-state index contributed by atoms with van der Waals surface area (Å²) in [5, 5.41) is 20.2. The molecule has 1 atom stereocenters. The maximum Gasteiger partial charge on any atom is 0.290 e. The minimum atomic E-state index is -0.780. The van der Waals surface area contributed by atoms with E-state index in [0.29, 0.717) is 5.69 Å². The fourth-order valence-electron chi connectivity index (χ4n) is 1.39. The van der Waals surface area contributed by atoms with Crippen molar-refractivity contribution in [3.8, 4) is 0 Å². The average Bonchev–Trinajstić information content (AvgIpc) is 2.17. The molecule has 0 amide bonds. The minimum Gasteiger partial charge on any atom is -0.390 e. The van der Waals surface area contributed by atoms with Gasteiger partial charge in [-0.05, 0) is 13.0 Å². The van der Waals surface area contributed by atoms with Gasteiger partial charge in [0, 0.05) is 25.3 Å². The van der Waals surface area contributed by atoms with Crippen LogP contribution in [0.4, 0.5) is 5.69 Å². The SMILES string of the molecule is COCC(O)Cc1nc(C)ccc1[N+](=O)[O-]. The molecule has 0 aliphatic carbocycles. The number of aliphatic hydroxyl groups is 1. The van der Waals surface area contributed by atoms with E-state index in [0.717, 1.165) is 0 Å². The van der Waals surface area contributed by atoms with Crippen LogP contribution in [-0.4, -0.2) is 34.8 Å². The number of aryl methyl sites for hydroxylation is 1. The molecule has 16 heavy (non-hydrogen) atoms. The number of nitro groups is 1. The lowest BCUT2D eigenvalue weighted by atomic mass is 10.1. The molecule has 1 aromatic rings. The number of rotatable bonds is 5. The first-order chi connectivity index (χ1) is 7.54. The second-order valence-corrected chi connectivity index (χ2v) is 3.49. The monoisotopic (exact) mass is 226 g/mol. The fourth-order valence-corrected chi connectivity index (χ4v) is 1.39. The number of aliphatic hydroxyl groups excluding tert-OH is 1. The summed E-state index contributed by atoms with van der Waals surface area (Å²) < 4.78 is 4.76. The number of methoxy groups -OCH3 is 1. The fraction of sp³-hybridized carbons (Fsp3) is 0.500. The Morgan fingerprint density at radius 3 is 2.88 bits per heavy atom. The molecule has 1 N–H and O–H groups in total. The maximum atomic E-state index is 10.7. The molecule has 1 unspecified atom stereocenters. The molecule has 6 heteroatoms. The average molecular weight is 226 g/mol. The van der Waals surface area contributed by atoms with E-state index in [4.69, 9.17) is 4.74 Å². The van der Waals surface area contributed by atoms with Gasteiger partial charge in [0.1, 0.15) is 5.69 Å². The first kappa shape index (κ1) is 12.5. The van der Waals surface area contributed by atoms with Gasteiger partial charge in [-0.3, -0.25) is 15.1 Å². The van der Waals surface area contributed by atoms with Crippen LogP contribution in [0.1, 0.15) is 11.4 Å². The maximum absolute atomic E-state index is 10.7. The van der Waals surface area contributed by atoms with Crippen LogP contribution >= 0.6 is 0 Å². The molecule has 0 fully saturated rings. The van der Waals surface area contributed by atoms with Crippen molar-refractivity contribution in [1.82, 2.24) is 4.98 Å². The van der Waals surface area contributed by atoms with Crippen LogP contribution < -0.4 is 0 Å². The highest BCUT2D eigenvalue weighted by Crippen LogP contribution is 2.18. The standard InChI is InChI=1S/C10H14N2O4/c1-7-3-4-10(12(14)15)9(11-7)5-8(13)6-16-2/h3-4,8,13H,5-6H2,1-2H3. The third kappa shape index (κ3) is 3.25. The number of hydrogen-bond acceptors (Lipinski definition) is 5. The van der Waals surface area contributed by atoms with Crippen molar-refractivity contribution >= 4 is 5.69 Å². The Kier molecular flexibility index (Phi) is 4.33. The van der Waals surface area contributed by atoms with Crippen molar-refractivity contribution in [1.29, 1.82) is 0 Å². The van der Waals surface area contributed by atoms with Gasteiger partial charge < -0.3 is 9.84 Å². The van der Waals surface area contributed by atoms with E-state index in [9.17, 15) is 15.2 Å². The third-order valence-corrected chi connectivity index (χ3v) is 2.07. The van der Waals surface area contributed by atoms with E-state index in [1.807, 2.05) is 0 Å². The summed E-state index contributed by atoms with van der Waals surface area (Å²) in [6, 6.07) is 2.97. The van der Waals surface area contributed by atoms with Crippen LogP contribution in [0.25, 0.3) is 0 Å². The van der Waals surface area contributed by atoms with E-state index in [-0.39, 0.29) is 24.4 Å². The van der Waals surface area contributed by atoms with Crippen LogP contribution in [0, 0.1) is 17.0 Å². The molecule has 0 spiro atoms. The minimum absolute atomic E-state index is 0.0687. The number of hydrogen-bond donors (Lipinski definition) is 1. The number of aromatic nitrogens is 1. The lowest BCUT2D eigenvalue weighted by Gasteiger charge is -2.09. The number of nitrogens with zero attached hydrogens (tertiary/aromatic N) is 2. The molecule has 0 saturated carbocycles. The zero-order chi connectivity index (χ0) is 12.1. The number of pyridine rings is 1. The van der Waals surface area contributed by atoms with Crippen molar-refractivity contribution in [3.63, 3.8) is 0 Å². The third-order valence-electron chi connectivity index (χ3n) is 2.07. The number of ether oxygens (including phenoxy) is 1. The Hall–Kier alpha value is -1.53. The van der Waals surface area contributed by atoms with Gasteiger partial charge in [0.05, 0.1) is 17.6 Å². The summed E-state index contributed by atoms with van der Waals surface area (Å²) in [6.07, 6.45) is -0.663. The molecular weight excluding hydrogens is 212 g/mol.